The molecule has 2 fully saturated rings. The Balaban J connectivity index is 1.56. The summed E-state index contributed by atoms with van der Waals surface area (Å²) in [6.45, 7) is 0.921. The molecule has 20 heavy (non-hydrogen) atoms. The van der Waals surface area contributed by atoms with E-state index in [1.54, 1.807) is 0 Å². The maximum atomic E-state index is 10.2. The first kappa shape index (κ1) is 16.3. The fourth-order valence-corrected chi connectivity index (χ4v) is 3.92. The van der Waals surface area contributed by atoms with Crippen LogP contribution in [0.15, 0.2) is 0 Å². The molecule has 2 atom stereocenters. The summed E-state index contributed by atoms with van der Waals surface area (Å²) in [6.07, 6.45) is 15.0. The summed E-state index contributed by atoms with van der Waals surface area (Å²) in [5.41, 5.74) is 6.19. The van der Waals surface area contributed by atoms with Gasteiger partial charge in [-0.1, -0.05) is 51.4 Å². The van der Waals surface area contributed by atoms with Gasteiger partial charge in [0.05, 0.1) is 6.10 Å². The Morgan fingerprint density at radius 3 is 2.20 bits per heavy atom. The van der Waals surface area contributed by atoms with E-state index in [4.69, 9.17) is 5.73 Å². The smallest absolute Gasteiger partial charge is 0.0703 e. The van der Waals surface area contributed by atoms with Crippen LogP contribution in [0.4, 0.5) is 0 Å². The first-order chi connectivity index (χ1) is 9.75. The number of aliphatic hydroxyl groups is 1. The zero-order valence-electron chi connectivity index (χ0n) is 13.0. The number of nitrogens with one attached hydrogen (secondary N) is 1. The second kappa shape index (κ2) is 9.01. The molecule has 0 aromatic rings. The third-order valence-corrected chi connectivity index (χ3v) is 5.30. The van der Waals surface area contributed by atoms with Gasteiger partial charge in [0.1, 0.15) is 0 Å². The zero-order chi connectivity index (χ0) is 14.2. The quantitative estimate of drug-likeness (QED) is 0.673. The van der Waals surface area contributed by atoms with Crippen LogP contribution in [-0.4, -0.2) is 29.8 Å². The van der Waals surface area contributed by atoms with E-state index in [0.29, 0.717) is 6.04 Å². The molecule has 2 rings (SSSR count). The summed E-state index contributed by atoms with van der Waals surface area (Å²) in [5.74, 6) is 0.764. The fraction of sp³-hybridized carbons (Fsp3) is 1.00. The Morgan fingerprint density at radius 1 is 0.950 bits per heavy atom. The Hall–Kier alpha value is -0.120. The molecule has 2 saturated carbocycles. The van der Waals surface area contributed by atoms with Crippen molar-refractivity contribution in [2.45, 2.75) is 95.2 Å². The van der Waals surface area contributed by atoms with Crippen LogP contribution in [0.5, 0.6) is 0 Å². The van der Waals surface area contributed by atoms with Crippen LogP contribution >= 0.6 is 0 Å². The van der Waals surface area contributed by atoms with Crippen LogP contribution < -0.4 is 11.1 Å². The van der Waals surface area contributed by atoms with E-state index in [9.17, 15) is 5.11 Å². The fourth-order valence-electron chi connectivity index (χ4n) is 3.92. The number of aliphatic hydroxyl groups excluding tert-OH is 1. The lowest BCUT2D eigenvalue weighted by atomic mass is 9.83. The molecule has 2 aliphatic rings. The van der Waals surface area contributed by atoms with Gasteiger partial charge in [-0.2, -0.15) is 0 Å². The number of hydrogen-bond acceptors (Lipinski definition) is 3. The molecule has 0 spiro atoms. The molecule has 3 heteroatoms. The third-order valence-electron chi connectivity index (χ3n) is 5.30. The van der Waals surface area contributed by atoms with Crippen molar-refractivity contribution in [3.8, 4) is 0 Å². The highest BCUT2D eigenvalue weighted by molar-refractivity contribution is 4.79. The van der Waals surface area contributed by atoms with Gasteiger partial charge in [-0.15, -0.1) is 0 Å². The van der Waals surface area contributed by atoms with Crippen LogP contribution in [0.25, 0.3) is 0 Å². The van der Waals surface area contributed by atoms with Crippen LogP contribution in [-0.2, 0) is 0 Å². The van der Waals surface area contributed by atoms with Crippen molar-refractivity contribution < 1.29 is 5.11 Å². The van der Waals surface area contributed by atoms with Crippen molar-refractivity contribution in [1.29, 1.82) is 0 Å². The van der Waals surface area contributed by atoms with Crippen molar-refractivity contribution in [3.63, 3.8) is 0 Å². The molecule has 0 amide bonds. The van der Waals surface area contributed by atoms with Gasteiger partial charge >= 0.3 is 0 Å². The summed E-state index contributed by atoms with van der Waals surface area (Å²) < 4.78 is 0. The molecule has 0 bridgehead atoms. The predicted octanol–water partition coefficient (Wildman–Crippen LogP) is 2.96. The molecule has 0 radical (unpaired) electrons. The van der Waals surface area contributed by atoms with Crippen molar-refractivity contribution in [3.05, 3.63) is 0 Å². The molecular formula is C17H34N2O. The monoisotopic (exact) mass is 282 g/mol. The van der Waals surface area contributed by atoms with Crippen LogP contribution in [0, 0.1) is 5.92 Å². The topological polar surface area (TPSA) is 58.3 Å². The van der Waals surface area contributed by atoms with E-state index < -0.39 is 0 Å². The van der Waals surface area contributed by atoms with E-state index in [2.05, 4.69) is 5.32 Å². The second-order valence-electron chi connectivity index (χ2n) is 7.05. The van der Waals surface area contributed by atoms with Crippen LogP contribution in [0.3, 0.4) is 0 Å². The van der Waals surface area contributed by atoms with E-state index in [-0.39, 0.29) is 12.1 Å². The van der Waals surface area contributed by atoms with Gasteiger partial charge in [0.15, 0.2) is 0 Å². The molecule has 0 aliphatic heterocycles. The molecule has 0 saturated heterocycles. The molecule has 0 heterocycles. The van der Waals surface area contributed by atoms with Gasteiger partial charge in [-0.25, -0.2) is 0 Å². The average Bonchev–Trinajstić information content (AvgIpc) is 2.49. The maximum Gasteiger partial charge on any atom is 0.0703 e. The van der Waals surface area contributed by atoms with E-state index in [1.807, 2.05) is 0 Å². The highest BCUT2D eigenvalue weighted by Crippen LogP contribution is 2.27. The van der Waals surface area contributed by atoms with Gasteiger partial charge in [0.25, 0.3) is 0 Å². The van der Waals surface area contributed by atoms with Crippen LogP contribution in [0.1, 0.15) is 77.0 Å². The first-order valence-corrected chi connectivity index (χ1v) is 8.92. The van der Waals surface area contributed by atoms with Gasteiger partial charge in [0.2, 0.25) is 0 Å². The Bertz CT molecular complexity index is 247. The van der Waals surface area contributed by atoms with Gasteiger partial charge in [-0.05, 0) is 38.1 Å². The number of hydrogen-bond donors (Lipinski definition) is 3. The molecule has 1 unspecified atom stereocenters. The Labute approximate surface area is 124 Å². The zero-order valence-corrected chi connectivity index (χ0v) is 13.0. The van der Waals surface area contributed by atoms with Gasteiger partial charge in [0, 0.05) is 12.1 Å². The summed E-state index contributed by atoms with van der Waals surface area (Å²) in [5, 5.41) is 13.8. The molecule has 3 nitrogen and oxygen atoms in total. The summed E-state index contributed by atoms with van der Waals surface area (Å²) >= 11 is 0. The second-order valence-corrected chi connectivity index (χ2v) is 7.05. The lowest BCUT2D eigenvalue weighted by Gasteiger charge is -2.28. The van der Waals surface area contributed by atoms with Crippen LogP contribution in [0.2, 0.25) is 0 Å². The Morgan fingerprint density at radius 2 is 1.55 bits per heavy atom. The molecule has 0 aromatic carbocycles. The largest absolute Gasteiger partial charge is 0.391 e. The highest BCUT2D eigenvalue weighted by Gasteiger charge is 2.21. The van der Waals surface area contributed by atoms with E-state index >= 15 is 0 Å². The SMILES string of the molecule is N[C@@H](CC1CCCCC1)C(O)CCNC1CCCCC1. The van der Waals surface area contributed by atoms with E-state index in [0.717, 1.165) is 25.3 Å². The third kappa shape index (κ3) is 5.71. The minimum atomic E-state index is -0.326. The van der Waals surface area contributed by atoms with Crippen molar-refractivity contribution in [2.75, 3.05) is 6.54 Å². The minimum Gasteiger partial charge on any atom is -0.391 e. The predicted molar refractivity (Wildman–Crippen MR) is 84.7 cm³/mol. The standard InChI is InChI=1S/C17H34N2O/c18-16(13-14-7-3-1-4-8-14)17(20)11-12-19-15-9-5-2-6-10-15/h14-17,19-20H,1-13,18H2/t16-,17?/m0/s1. The minimum absolute atomic E-state index is 0.0220. The molecule has 4 N–H and O–H groups in total. The molecular weight excluding hydrogens is 248 g/mol. The number of rotatable bonds is 7. The maximum absolute atomic E-state index is 10.2. The van der Waals surface area contributed by atoms with Crippen molar-refractivity contribution >= 4 is 0 Å². The lowest BCUT2D eigenvalue weighted by Crippen LogP contribution is -2.40. The average molecular weight is 282 g/mol. The summed E-state index contributed by atoms with van der Waals surface area (Å²) in [4.78, 5) is 0. The molecule has 0 aromatic heterocycles. The normalized spacial score (nSPS) is 25.5. The highest BCUT2D eigenvalue weighted by atomic mass is 16.3. The number of nitrogens with two attached hydrogens (primary N) is 1. The van der Waals surface area contributed by atoms with Crippen molar-refractivity contribution in [2.24, 2.45) is 11.7 Å². The molecule has 118 valence electrons. The Kier molecular flexibility index (Phi) is 7.32. The lowest BCUT2D eigenvalue weighted by molar-refractivity contribution is 0.116. The van der Waals surface area contributed by atoms with E-state index in [1.165, 1.54) is 64.2 Å². The summed E-state index contributed by atoms with van der Waals surface area (Å²) in [7, 11) is 0. The van der Waals surface area contributed by atoms with Crippen molar-refractivity contribution in [1.82, 2.24) is 5.32 Å². The first-order valence-electron chi connectivity index (χ1n) is 8.92. The van der Waals surface area contributed by atoms with Gasteiger partial charge in [-0.3, -0.25) is 0 Å². The van der Waals surface area contributed by atoms with Gasteiger partial charge < -0.3 is 16.2 Å². The summed E-state index contributed by atoms with van der Waals surface area (Å²) in [6, 6.07) is 0.664. The molecule has 2 aliphatic carbocycles.